The van der Waals surface area contributed by atoms with Crippen LogP contribution in [0.1, 0.15) is 32.3 Å². The maximum Gasteiger partial charge on any atom is 0.119 e. The van der Waals surface area contributed by atoms with Crippen molar-refractivity contribution in [2.75, 3.05) is 20.8 Å². The zero-order valence-corrected chi connectivity index (χ0v) is 12.6. The third-order valence-corrected chi connectivity index (χ3v) is 3.40. The Morgan fingerprint density at radius 3 is 2.58 bits per heavy atom. The highest BCUT2D eigenvalue weighted by Gasteiger charge is 2.19. The molecule has 0 aliphatic carbocycles. The highest BCUT2D eigenvalue weighted by molar-refractivity contribution is 5.29. The summed E-state index contributed by atoms with van der Waals surface area (Å²) in [6.45, 7) is 5.37. The number of hydrogen-bond donors (Lipinski definition) is 1. The monoisotopic (exact) mass is 265 g/mol. The van der Waals surface area contributed by atoms with Gasteiger partial charge in [0, 0.05) is 13.2 Å². The normalized spacial score (nSPS) is 14.1. The van der Waals surface area contributed by atoms with Crippen molar-refractivity contribution in [1.29, 1.82) is 0 Å². The van der Waals surface area contributed by atoms with E-state index < -0.39 is 0 Å². The summed E-state index contributed by atoms with van der Waals surface area (Å²) >= 11 is 0. The Labute approximate surface area is 117 Å². The van der Waals surface area contributed by atoms with Crippen LogP contribution in [-0.2, 0) is 11.2 Å². The third-order valence-electron chi connectivity index (χ3n) is 3.40. The standard InChI is InChI=1S/C16H27NO2/c1-5-10-17-15(16(6-2)19-4)12-13-8-7-9-14(11-13)18-3/h7-9,11,15-17H,5-6,10,12H2,1-4H3. The molecule has 0 aliphatic rings. The Bertz CT molecular complexity index is 350. The van der Waals surface area contributed by atoms with Gasteiger partial charge < -0.3 is 14.8 Å². The Kier molecular flexibility index (Phi) is 7.53. The van der Waals surface area contributed by atoms with E-state index in [4.69, 9.17) is 9.47 Å². The largest absolute Gasteiger partial charge is 0.497 e. The van der Waals surface area contributed by atoms with E-state index in [0.29, 0.717) is 6.04 Å². The molecule has 1 rings (SSSR count). The second kappa shape index (κ2) is 8.94. The van der Waals surface area contributed by atoms with Crippen LogP contribution in [0.5, 0.6) is 5.75 Å². The van der Waals surface area contributed by atoms with Crippen LogP contribution in [0.4, 0.5) is 0 Å². The zero-order valence-electron chi connectivity index (χ0n) is 12.6. The fraction of sp³-hybridized carbons (Fsp3) is 0.625. The van der Waals surface area contributed by atoms with Crippen LogP contribution in [0, 0.1) is 0 Å². The van der Waals surface area contributed by atoms with Gasteiger partial charge in [-0.2, -0.15) is 0 Å². The first-order valence-corrected chi connectivity index (χ1v) is 7.14. The highest BCUT2D eigenvalue weighted by Crippen LogP contribution is 2.16. The van der Waals surface area contributed by atoms with E-state index in [1.54, 1.807) is 14.2 Å². The Morgan fingerprint density at radius 1 is 1.21 bits per heavy atom. The molecule has 1 aromatic carbocycles. The van der Waals surface area contributed by atoms with E-state index in [2.05, 4.69) is 31.3 Å². The Morgan fingerprint density at radius 2 is 2.00 bits per heavy atom. The molecule has 0 heterocycles. The van der Waals surface area contributed by atoms with Crippen molar-refractivity contribution in [3.05, 3.63) is 29.8 Å². The molecule has 2 atom stereocenters. The first kappa shape index (κ1) is 16.0. The predicted octanol–water partition coefficient (Wildman–Crippen LogP) is 3.03. The molecule has 108 valence electrons. The number of nitrogens with one attached hydrogen (secondary N) is 1. The number of rotatable bonds is 9. The molecular weight excluding hydrogens is 238 g/mol. The molecule has 1 N–H and O–H groups in total. The topological polar surface area (TPSA) is 30.5 Å². The average Bonchev–Trinajstić information content (AvgIpc) is 2.46. The molecule has 0 fully saturated rings. The molecule has 0 spiro atoms. The van der Waals surface area contributed by atoms with Crippen LogP contribution in [0.3, 0.4) is 0 Å². The van der Waals surface area contributed by atoms with E-state index in [1.165, 1.54) is 5.56 Å². The summed E-state index contributed by atoms with van der Waals surface area (Å²) in [5.74, 6) is 0.914. The quantitative estimate of drug-likeness (QED) is 0.744. The molecule has 0 radical (unpaired) electrons. The molecular formula is C16H27NO2. The van der Waals surface area contributed by atoms with Gasteiger partial charge in [0.15, 0.2) is 0 Å². The lowest BCUT2D eigenvalue weighted by atomic mass is 9.99. The van der Waals surface area contributed by atoms with Crippen LogP contribution in [0.2, 0.25) is 0 Å². The van der Waals surface area contributed by atoms with Gasteiger partial charge in [0.2, 0.25) is 0 Å². The summed E-state index contributed by atoms with van der Waals surface area (Å²) < 4.78 is 10.9. The minimum Gasteiger partial charge on any atom is -0.497 e. The highest BCUT2D eigenvalue weighted by atomic mass is 16.5. The van der Waals surface area contributed by atoms with Crippen molar-refractivity contribution >= 4 is 0 Å². The van der Waals surface area contributed by atoms with E-state index >= 15 is 0 Å². The molecule has 0 amide bonds. The Balaban J connectivity index is 2.74. The molecule has 0 aromatic heterocycles. The first-order valence-electron chi connectivity index (χ1n) is 7.14. The molecule has 3 heteroatoms. The van der Waals surface area contributed by atoms with Gasteiger partial charge in [-0.15, -0.1) is 0 Å². The number of ether oxygens (including phenoxy) is 2. The lowest BCUT2D eigenvalue weighted by Crippen LogP contribution is -2.42. The van der Waals surface area contributed by atoms with Crippen molar-refractivity contribution in [2.24, 2.45) is 0 Å². The minimum absolute atomic E-state index is 0.248. The minimum atomic E-state index is 0.248. The molecule has 3 nitrogen and oxygen atoms in total. The van der Waals surface area contributed by atoms with Gasteiger partial charge in [0.1, 0.15) is 5.75 Å². The van der Waals surface area contributed by atoms with Gasteiger partial charge in [-0.05, 0) is 43.5 Å². The van der Waals surface area contributed by atoms with E-state index in [-0.39, 0.29) is 6.10 Å². The summed E-state index contributed by atoms with van der Waals surface area (Å²) in [4.78, 5) is 0. The van der Waals surface area contributed by atoms with Gasteiger partial charge in [0.05, 0.1) is 13.2 Å². The third kappa shape index (κ3) is 5.21. The van der Waals surface area contributed by atoms with E-state index in [1.807, 2.05) is 12.1 Å². The SMILES string of the molecule is CCCNC(Cc1cccc(OC)c1)C(CC)OC. The van der Waals surface area contributed by atoms with Crippen LogP contribution in [0.15, 0.2) is 24.3 Å². The summed E-state index contributed by atoms with van der Waals surface area (Å²) in [7, 11) is 3.50. The summed E-state index contributed by atoms with van der Waals surface area (Å²) in [5.41, 5.74) is 1.28. The molecule has 0 bridgehead atoms. The molecule has 2 unspecified atom stereocenters. The lowest BCUT2D eigenvalue weighted by Gasteiger charge is -2.26. The number of benzene rings is 1. The lowest BCUT2D eigenvalue weighted by molar-refractivity contribution is 0.0653. The van der Waals surface area contributed by atoms with Gasteiger partial charge in [0.25, 0.3) is 0 Å². The molecule has 0 aliphatic heterocycles. The van der Waals surface area contributed by atoms with Crippen molar-refractivity contribution in [1.82, 2.24) is 5.32 Å². The molecule has 19 heavy (non-hydrogen) atoms. The van der Waals surface area contributed by atoms with Crippen molar-refractivity contribution < 1.29 is 9.47 Å². The van der Waals surface area contributed by atoms with E-state index in [0.717, 1.165) is 31.6 Å². The van der Waals surface area contributed by atoms with Crippen LogP contribution in [-0.4, -0.2) is 32.9 Å². The predicted molar refractivity (Wildman–Crippen MR) is 79.9 cm³/mol. The van der Waals surface area contributed by atoms with Crippen molar-refractivity contribution in [3.63, 3.8) is 0 Å². The summed E-state index contributed by atoms with van der Waals surface area (Å²) in [6.07, 6.45) is 3.36. The van der Waals surface area contributed by atoms with Gasteiger partial charge in [-0.25, -0.2) is 0 Å². The summed E-state index contributed by atoms with van der Waals surface area (Å²) in [6, 6.07) is 8.61. The van der Waals surface area contributed by atoms with Crippen LogP contribution >= 0.6 is 0 Å². The maximum absolute atomic E-state index is 5.59. The fourth-order valence-corrected chi connectivity index (χ4v) is 2.33. The van der Waals surface area contributed by atoms with Gasteiger partial charge >= 0.3 is 0 Å². The van der Waals surface area contributed by atoms with Crippen molar-refractivity contribution in [3.8, 4) is 5.75 Å². The molecule has 1 aromatic rings. The van der Waals surface area contributed by atoms with Gasteiger partial charge in [-0.1, -0.05) is 26.0 Å². The zero-order chi connectivity index (χ0) is 14.1. The number of hydrogen-bond acceptors (Lipinski definition) is 3. The van der Waals surface area contributed by atoms with Crippen LogP contribution in [0.25, 0.3) is 0 Å². The van der Waals surface area contributed by atoms with Crippen molar-refractivity contribution in [2.45, 2.75) is 45.3 Å². The first-order chi connectivity index (χ1) is 9.24. The average molecular weight is 265 g/mol. The second-order valence-corrected chi connectivity index (χ2v) is 4.80. The van der Waals surface area contributed by atoms with Crippen LogP contribution < -0.4 is 10.1 Å². The second-order valence-electron chi connectivity index (χ2n) is 4.80. The smallest absolute Gasteiger partial charge is 0.119 e. The summed E-state index contributed by atoms with van der Waals surface area (Å²) in [5, 5.41) is 3.59. The van der Waals surface area contributed by atoms with Gasteiger partial charge in [-0.3, -0.25) is 0 Å². The number of methoxy groups -OCH3 is 2. The Hall–Kier alpha value is -1.06. The maximum atomic E-state index is 5.59. The van der Waals surface area contributed by atoms with E-state index in [9.17, 15) is 0 Å². The molecule has 0 saturated heterocycles. The molecule has 0 saturated carbocycles. The fourth-order valence-electron chi connectivity index (χ4n) is 2.33.